The van der Waals surface area contributed by atoms with Gasteiger partial charge in [0.1, 0.15) is 11.8 Å². The van der Waals surface area contributed by atoms with Crippen molar-refractivity contribution in [3.63, 3.8) is 0 Å². The monoisotopic (exact) mass is 229 g/mol. The minimum absolute atomic E-state index is 0.0628. The van der Waals surface area contributed by atoms with Gasteiger partial charge in [-0.05, 0) is 6.07 Å². The van der Waals surface area contributed by atoms with Crippen LogP contribution in [0.15, 0.2) is 24.5 Å². The van der Waals surface area contributed by atoms with Crippen molar-refractivity contribution < 1.29 is 9.90 Å². The van der Waals surface area contributed by atoms with Crippen LogP contribution in [-0.4, -0.2) is 25.8 Å². The maximum absolute atomic E-state index is 10.8. The third-order valence-electron chi connectivity index (χ3n) is 2.07. The average Bonchev–Trinajstić information content (AvgIpc) is 2.71. The lowest BCUT2D eigenvalue weighted by molar-refractivity contribution is 0.0691. The van der Waals surface area contributed by atoms with Crippen LogP contribution in [0.2, 0.25) is 0 Å². The Labute approximate surface area is 95.7 Å². The van der Waals surface area contributed by atoms with Crippen LogP contribution in [0.3, 0.4) is 0 Å². The number of aromatic carboxylic acids is 1. The van der Waals surface area contributed by atoms with Crippen LogP contribution in [0, 0.1) is 11.3 Å². The number of nitrogen functional groups attached to an aromatic ring is 1. The molecule has 0 saturated heterocycles. The highest BCUT2D eigenvalue weighted by molar-refractivity contribution is 5.91. The van der Waals surface area contributed by atoms with E-state index in [0.717, 1.165) is 0 Å². The molecule has 0 unspecified atom stereocenters. The Morgan fingerprint density at radius 2 is 2.35 bits per heavy atom. The molecule has 7 heteroatoms. The Bertz CT molecular complexity index is 626. The Morgan fingerprint density at radius 3 is 2.94 bits per heavy atom. The molecule has 2 heterocycles. The second-order valence-corrected chi connectivity index (χ2v) is 3.19. The van der Waals surface area contributed by atoms with Crippen LogP contribution in [0.5, 0.6) is 0 Å². The minimum Gasteiger partial charge on any atom is -0.476 e. The summed E-state index contributed by atoms with van der Waals surface area (Å²) in [7, 11) is 0. The fourth-order valence-electron chi connectivity index (χ4n) is 1.31. The first-order chi connectivity index (χ1) is 8.11. The van der Waals surface area contributed by atoms with Crippen molar-refractivity contribution >= 4 is 11.7 Å². The summed E-state index contributed by atoms with van der Waals surface area (Å²) < 4.78 is 1.29. The van der Waals surface area contributed by atoms with Crippen LogP contribution in [0.1, 0.15) is 16.2 Å². The van der Waals surface area contributed by atoms with Gasteiger partial charge >= 0.3 is 5.97 Å². The molecule has 0 aromatic carbocycles. The largest absolute Gasteiger partial charge is 0.476 e. The van der Waals surface area contributed by atoms with E-state index >= 15 is 0 Å². The Kier molecular flexibility index (Phi) is 2.46. The first-order valence-electron chi connectivity index (χ1n) is 4.57. The first kappa shape index (κ1) is 10.6. The summed E-state index contributed by atoms with van der Waals surface area (Å²) in [5.74, 6) is -1.20. The highest BCUT2D eigenvalue weighted by Gasteiger charge is 2.14. The number of anilines is 1. The van der Waals surface area contributed by atoms with Gasteiger partial charge in [0.2, 0.25) is 0 Å². The van der Waals surface area contributed by atoms with E-state index in [4.69, 9.17) is 16.1 Å². The fourth-order valence-corrected chi connectivity index (χ4v) is 1.31. The average molecular weight is 229 g/mol. The third kappa shape index (κ3) is 1.91. The molecule has 2 rings (SSSR count). The van der Waals surface area contributed by atoms with E-state index in [9.17, 15) is 4.79 Å². The molecule has 2 aromatic heterocycles. The molecular weight excluding hydrogens is 222 g/mol. The molecule has 0 atom stereocenters. The van der Waals surface area contributed by atoms with E-state index in [1.54, 1.807) is 6.07 Å². The van der Waals surface area contributed by atoms with Crippen molar-refractivity contribution in [3.05, 3.63) is 35.9 Å². The van der Waals surface area contributed by atoms with Gasteiger partial charge in [0.25, 0.3) is 0 Å². The minimum atomic E-state index is -1.20. The lowest BCUT2D eigenvalue weighted by atomic mass is 10.3. The van der Waals surface area contributed by atoms with Gasteiger partial charge in [-0.1, -0.05) is 0 Å². The maximum Gasteiger partial charge on any atom is 0.358 e. The van der Waals surface area contributed by atoms with Crippen molar-refractivity contribution in [2.24, 2.45) is 0 Å². The number of hydrogen-bond donors (Lipinski definition) is 2. The molecule has 84 valence electrons. The van der Waals surface area contributed by atoms with Crippen molar-refractivity contribution in [2.45, 2.75) is 0 Å². The molecule has 2 aromatic rings. The topological polar surface area (TPSA) is 118 Å². The lowest BCUT2D eigenvalue weighted by Crippen LogP contribution is -2.02. The van der Waals surface area contributed by atoms with Gasteiger partial charge in [-0.25, -0.2) is 14.5 Å². The molecule has 0 bridgehead atoms. The highest BCUT2D eigenvalue weighted by atomic mass is 16.4. The number of carbonyl (C=O) groups is 1. The van der Waals surface area contributed by atoms with Gasteiger partial charge in [0.15, 0.2) is 5.69 Å². The van der Waals surface area contributed by atoms with Crippen LogP contribution < -0.4 is 5.73 Å². The fraction of sp³-hybridized carbons (Fsp3) is 0. The van der Waals surface area contributed by atoms with Gasteiger partial charge in [0.05, 0.1) is 17.6 Å². The number of hydrogen-bond acceptors (Lipinski definition) is 5. The number of nitriles is 1. The molecule has 17 heavy (non-hydrogen) atoms. The summed E-state index contributed by atoms with van der Waals surface area (Å²) in [4.78, 5) is 14.6. The van der Waals surface area contributed by atoms with Crippen molar-refractivity contribution in [1.82, 2.24) is 14.8 Å². The zero-order chi connectivity index (χ0) is 12.4. The van der Waals surface area contributed by atoms with E-state index < -0.39 is 5.97 Å². The van der Waals surface area contributed by atoms with E-state index in [1.807, 2.05) is 6.07 Å². The second kappa shape index (κ2) is 3.94. The predicted octanol–water partition coefficient (Wildman–Crippen LogP) is 0.419. The van der Waals surface area contributed by atoms with Gasteiger partial charge in [-0.15, -0.1) is 0 Å². The normalized spacial score (nSPS) is 9.82. The molecule has 0 aliphatic heterocycles. The molecule has 0 aliphatic carbocycles. The summed E-state index contributed by atoms with van der Waals surface area (Å²) in [6, 6.07) is 4.96. The first-order valence-corrected chi connectivity index (χ1v) is 4.57. The number of carboxylic acid groups (broad SMARTS) is 1. The quantitative estimate of drug-likeness (QED) is 0.770. The van der Waals surface area contributed by atoms with E-state index in [1.165, 1.54) is 23.1 Å². The van der Waals surface area contributed by atoms with Crippen LogP contribution >= 0.6 is 0 Å². The summed E-state index contributed by atoms with van der Waals surface area (Å²) in [5.41, 5.74) is 6.09. The summed E-state index contributed by atoms with van der Waals surface area (Å²) >= 11 is 0. The van der Waals surface area contributed by atoms with Crippen molar-refractivity contribution in [2.75, 3.05) is 5.73 Å². The third-order valence-corrected chi connectivity index (χ3v) is 2.07. The number of nitrogens with zero attached hydrogens (tertiary/aromatic N) is 4. The highest BCUT2D eigenvalue weighted by Crippen LogP contribution is 2.14. The Morgan fingerprint density at radius 1 is 1.59 bits per heavy atom. The standard InChI is InChI=1S/C10H7N5O2/c11-4-6-3-7(1-2-13-6)15-5-8(12)9(14-15)10(16)17/h1-3,5H,12H2,(H,16,17). The molecule has 0 aliphatic rings. The molecule has 7 nitrogen and oxygen atoms in total. The maximum atomic E-state index is 10.8. The predicted molar refractivity (Wildman–Crippen MR) is 57.4 cm³/mol. The molecule has 0 saturated carbocycles. The Hall–Kier alpha value is -2.88. The smallest absolute Gasteiger partial charge is 0.358 e. The van der Waals surface area contributed by atoms with Gasteiger partial charge in [-0.2, -0.15) is 10.4 Å². The van der Waals surface area contributed by atoms with Crippen LogP contribution in [0.25, 0.3) is 5.69 Å². The number of nitrogens with two attached hydrogens (primary N) is 1. The molecular formula is C10H7N5O2. The molecule has 0 radical (unpaired) electrons. The molecule has 3 N–H and O–H groups in total. The van der Waals surface area contributed by atoms with Crippen molar-refractivity contribution in [1.29, 1.82) is 5.26 Å². The Balaban J connectivity index is 2.50. The number of rotatable bonds is 2. The SMILES string of the molecule is N#Cc1cc(-n2cc(N)c(C(=O)O)n2)ccn1. The second-order valence-electron chi connectivity index (χ2n) is 3.19. The van der Waals surface area contributed by atoms with E-state index in [0.29, 0.717) is 5.69 Å². The van der Waals surface area contributed by atoms with Gasteiger partial charge in [-0.3, -0.25) is 0 Å². The molecule has 0 fully saturated rings. The zero-order valence-electron chi connectivity index (χ0n) is 8.53. The number of aromatic nitrogens is 3. The number of carboxylic acids is 1. The van der Waals surface area contributed by atoms with Gasteiger partial charge < -0.3 is 10.8 Å². The summed E-state index contributed by atoms with van der Waals surface area (Å²) in [5, 5.41) is 21.3. The molecule has 0 amide bonds. The van der Waals surface area contributed by atoms with Gasteiger partial charge in [0, 0.05) is 12.3 Å². The number of pyridine rings is 1. The van der Waals surface area contributed by atoms with Crippen molar-refractivity contribution in [3.8, 4) is 11.8 Å². The summed E-state index contributed by atoms with van der Waals surface area (Å²) in [6.45, 7) is 0. The van der Waals surface area contributed by atoms with Crippen LogP contribution in [0.4, 0.5) is 5.69 Å². The van der Waals surface area contributed by atoms with Crippen LogP contribution in [-0.2, 0) is 0 Å². The van der Waals surface area contributed by atoms with E-state index in [2.05, 4.69) is 10.1 Å². The molecule has 0 spiro atoms. The van der Waals surface area contributed by atoms with E-state index in [-0.39, 0.29) is 17.1 Å². The summed E-state index contributed by atoms with van der Waals surface area (Å²) in [6.07, 6.45) is 2.81. The lowest BCUT2D eigenvalue weighted by Gasteiger charge is -1.99. The zero-order valence-corrected chi connectivity index (χ0v) is 8.53.